The van der Waals surface area contributed by atoms with E-state index >= 15 is 0 Å². The maximum atomic E-state index is 12.4. The molecular formula is C19H27N3O4. The fourth-order valence-corrected chi connectivity index (χ4v) is 3.39. The van der Waals surface area contributed by atoms with Crippen LogP contribution in [0.3, 0.4) is 0 Å². The van der Waals surface area contributed by atoms with Gasteiger partial charge in [0.15, 0.2) is 0 Å². The first-order valence-corrected chi connectivity index (χ1v) is 9.18. The van der Waals surface area contributed by atoms with Gasteiger partial charge in [0.1, 0.15) is 5.60 Å². The molecule has 0 unspecified atom stereocenters. The SMILES string of the molecule is CC(C)Cc1ccc(C(=O)N2CC(O)(CNC(=O)C3CC(O)C3)C2)cn1. The lowest BCUT2D eigenvalue weighted by atomic mass is 9.81. The van der Waals surface area contributed by atoms with Gasteiger partial charge < -0.3 is 20.4 Å². The topological polar surface area (TPSA) is 103 Å². The van der Waals surface area contributed by atoms with Crippen LogP contribution in [0.5, 0.6) is 0 Å². The van der Waals surface area contributed by atoms with Gasteiger partial charge in [-0.3, -0.25) is 14.6 Å². The number of pyridine rings is 1. The van der Waals surface area contributed by atoms with Crippen LogP contribution >= 0.6 is 0 Å². The predicted molar refractivity (Wildman–Crippen MR) is 95.4 cm³/mol. The molecule has 1 saturated heterocycles. The quantitative estimate of drug-likeness (QED) is 0.679. The molecule has 2 aliphatic rings. The second-order valence-corrected chi connectivity index (χ2v) is 8.06. The molecule has 2 heterocycles. The summed E-state index contributed by atoms with van der Waals surface area (Å²) >= 11 is 0. The Balaban J connectivity index is 1.45. The first-order valence-electron chi connectivity index (χ1n) is 9.18. The molecule has 26 heavy (non-hydrogen) atoms. The van der Waals surface area contributed by atoms with Gasteiger partial charge in [0.25, 0.3) is 5.91 Å². The number of aliphatic hydroxyl groups excluding tert-OH is 1. The van der Waals surface area contributed by atoms with Crippen LogP contribution < -0.4 is 5.32 Å². The van der Waals surface area contributed by atoms with E-state index in [-0.39, 0.29) is 43.5 Å². The van der Waals surface area contributed by atoms with Crippen molar-refractivity contribution in [1.82, 2.24) is 15.2 Å². The van der Waals surface area contributed by atoms with E-state index in [1.54, 1.807) is 17.2 Å². The lowest BCUT2D eigenvalue weighted by molar-refractivity contribution is -0.135. The highest BCUT2D eigenvalue weighted by Crippen LogP contribution is 2.28. The van der Waals surface area contributed by atoms with E-state index in [9.17, 15) is 19.8 Å². The number of carbonyl (C=O) groups excluding carboxylic acids is 2. The Hall–Kier alpha value is -1.99. The third-order valence-electron chi connectivity index (χ3n) is 5.02. The molecule has 3 N–H and O–H groups in total. The first kappa shape index (κ1) is 18.8. The average molecular weight is 361 g/mol. The van der Waals surface area contributed by atoms with Crippen LogP contribution in [-0.4, -0.2) is 63.3 Å². The number of carbonyl (C=O) groups is 2. The predicted octanol–water partition coefficient (Wildman–Crippen LogP) is 0.354. The summed E-state index contributed by atoms with van der Waals surface area (Å²) in [6, 6.07) is 3.64. The minimum absolute atomic E-state index is 0.119. The maximum Gasteiger partial charge on any atom is 0.255 e. The summed E-state index contributed by atoms with van der Waals surface area (Å²) in [4.78, 5) is 30.2. The van der Waals surface area contributed by atoms with Crippen molar-refractivity contribution in [2.24, 2.45) is 11.8 Å². The third kappa shape index (κ3) is 4.22. The van der Waals surface area contributed by atoms with Gasteiger partial charge >= 0.3 is 0 Å². The Morgan fingerprint density at radius 3 is 2.58 bits per heavy atom. The fourth-order valence-electron chi connectivity index (χ4n) is 3.39. The van der Waals surface area contributed by atoms with Crippen LogP contribution in [0.1, 0.15) is 42.7 Å². The van der Waals surface area contributed by atoms with E-state index in [0.717, 1.165) is 12.1 Å². The van der Waals surface area contributed by atoms with Crippen molar-refractivity contribution in [3.8, 4) is 0 Å². The minimum Gasteiger partial charge on any atom is -0.393 e. The largest absolute Gasteiger partial charge is 0.393 e. The van der Waals surface area contributed by atoms with Crippen LogP contribution in [0, 0.1) is 11.8 Å². The van der Waals surface area contributed by atoms with E-state index < -0.39 is 5.60 Å². The Kier molecular flexibility index (Phi) is 5.29. The zero-order valence-corrected chi connectivity index (χ0v) is 15.3. The normalized spacial score (nSPS) is 24.0. The molecular weight excluding hydrogens is 334 g/mol. The van der Waals surface area contributed by atoms with Crippen molar-refractivity contribution in [3.63, 3.8) is 0 Å². The van der Waals surface area contributed by atoms with Gasteiger partial charge in [-0.2, -0.15) is 0 Å². The van der Waals surface area contributed by atoms with Gasteiger partial charge in [-0.25, -0.2) is 0 Å². The zero-order chi connectivity index (χ0) is 18.9. The Bertz CT molecular complexity index is 662. The van der Waals surface area contributed by atoms with Gasteiger partial charge in [-0.1, -0.05) is 13.8 Å². The molecule has 1 aliphatic carbocycles. The summed E-state index contributed by atoms with van der Waals surface area (Å²) < 4.78 is 0. The number of nitrogens with one attached hydrogen (secondary N) is 1. The number of hydrogen-bond donors (Lipinski definition) is 3. The molecule has 0 bridgehead atoms. The number of amides is 2. The molecule has 7 heteroatoms. The maximum absolute atomic E-state index is 12.4. The van der Waals surface area contributed by atoms with Crippen LogP contribution in [0.15, 0.2) is 18.3 Å². The summed E-state index contributed by atoms with van der Waals surface area (Å²) in [5, 5.41) is 22.4. The fraction of sp³-hybridized carbons (Fsp3) is 0.632. The van der Waals surface area contributed by atoms with E-state index in [1.165, 1.54) is 0 Å². The average Bonchev–Trinajstić information content (AvgIpc) is 2.54. The van der Waals surface area contributed by atoms with E-state index in [2.05, 4.69) is 24.1 Å². The Morgan fingerprint density at radius 1 is 1.35 bits per heavy atom. The summed E-state index contributed by atoms with van der Waals surface area (Å²) in [7, 11) is 0. The molecule has 142 valence electrons. The van der Waals surface area contributed by atoms with Gasteiger partial charge in [-0.15, -0.1) is 0 Å². The van der Waals surface area contributed by atoms with Crippen LogP contribution in [-0.2, 0) is 11.2 Å². The van der Waals surface area contributed by atoms with E-state index in [4.69, 9.17) is 0 Å². The summed E-state index contributed by atoms with van der Waals surface area (Å²) in [5.41, 5.74) is 0.381. The van der Waals surface area contributed by atoms with Crippen molar-refractivity contribution < 1.29 is 19.8 Å². The first-order chi connectivity index (χ1) is 12.3. The van der Waals surface area contributed by atoms with Gasteiger partial charge in [0.2, 0.25) is 5.91 Å². The minimum atomic E-state index is -1.08. The molecule has 7 nitrogen and oxygen atoms in total. The number of hydrogen-bond acceptors (Lipinski definition) is 5. The van der Waals surface area contributed by atoms with E-state index in [0.29, 0.717) is 24.3 Å². The van der Waals surface area contributed by atoms with Crippen molar-refractivity contribution in [1.29, 1.82) is 0 Å². The zero-order valence-electron chi connectivity index (χ0n) is 15.3. The second kappa shape index (κ2) is 7.32. The van der Waals surface area contributed by atoms with Crippen LogP contribution in [0.2, 0.25) is 0 Å². The molecule has 0 radical (unpaired) electrons. The monoisotopic (exact) mass is 361 g/mol. The van der Waals surface area contributed by atoms with Gasteiger partial charge in [0.05, 0.1) is 24.8 Å². The molecule has 2 amide bonds. The second-order valence-electron chi connectivity index (χ2n) is 8.06. The van der Waals surface area contributed by atoms with Crippen molar-refractivity contribution in [2.75, 3.05) is 19.6 Å². The lowest BCUT2D eigenvalue weighted by Gasteiger charge is -2.46. The Morgan fingerprint density at radius 2 is 2.04 bits per heavy atom. The highest BCUT2D eigenvalue weighted by atomic mass is 16.3. The van der Waals surface area contributed by atoms with E-state index in [1.807, 2.05) is 6.07 Å². The highest BCUT2D eigenvalue weighted by Gasteiger charge is 2.44. The van der Waals surface area contributed by atoms with Gasteiger partial charge in [0, 0.05) is 24.4 Å². The number of nitrogens with zero attached hydrogens (tertiary/aromatic N) is 2. The molecule has 1 aliphatic heterocycles. The molecule has 0 atom stereocenters. The van der Waals surface area contributed by atoms with Crippen LogP contribution in [0.25, 0.3) is 0 Å². The molecule has 1 aromatic heterocycles. The number of likely N-dealkylation sites (tertiary alicyclic amines) is 1. The summed E-state index contributed by atoms with van der Waals surface area (Å²) in [5.74, 6) is 0.0415. The summed E-state index contributed by atoms with van der Waals surface area (Å²) in [6.07, 6.45) is 3.03. The van der Waals surface area contributed by atoms with Crippen LogP contribution in [0.4, 0.5) is 0 Å². The molecule has 3 rings (SSSR count). The molecule has 0 aromatic carbocycles. The standard InChI is InChI=1S/C19H27N3O4/c1-12(2)5-15-4-3-13(8-20-15)18(25)22-10-19(26,11-22)9-21-17(24)14-6-16(23)7-14/h3-4,8,12,14,16,23,26H,5-7,9-11H2,1-2H3,(H,21,24). The number of aliphatic hydroxyl groups is 2. The molecule has 1 saturated carbocycles. The third-order valence-corrected chi connectivity index (χ3v) is 5.02. The van der Waals surface area contributed by atoms with Crippen molar-refractivity contribution >= 4 is 11.8 Å². The molecule has 0 spiro atoms. The Labute approximate surface area is 153 Å². The van der Waals surface area contributed by atoms with Crippen molar-refractivity contribution in [3.05, 3.63) is 29.6 Å². The molecule has 1 aromatic rings. The molecule has 2 fully saturated rings. The highest BCUT2D eigenvalue weighted by molar-refractivity contribution is 5.94. The number of β-amino-alcohol motifs (C(OH)–C–C–N with tert-alkyl or cyclic N) is 1. The lowest BCUT2D eigenvalue weighted by Crippen LogP contribution is -2.67. The number of rotatable bonds is 6. The number of aromatic nitrogens is 1. The summed E-state index contributed by atoms with van der Waals surface area (Å²) in [6.45, 7) is 4.73. The van der Waals surface area contributed by atoms with Crippen molar-refractivity contribution in [2.45, 2.75) is 44.8 Å². The smallest absolute Gasteiger partial charge is 0.255 e. The van der Waals surface area contributed by atoms with Gasteiger partial charge in [-0.05, 0) is 37.3 Å².